The first-order chi connectivity index (χ1) is 9.38. The largest absolute Gasteiger partial charge is 0.384 e. The van der Waals surface area contributed by atoms with Crippen LogP contribution in [0, 0.1) is 0 Å². The molecule has 1 fully saturated rings. The standard InChI is InChI=1S/C15H19N3O/c1-19-11-8-12-4-2-3-5-14(12)18-10-9-16-15(18)17-13-6-7-13/h2-5,9-10,13H,6-8,11H2,1H3,(H,16,17). The molecule has 4 heteroatoms. The van der Waals surface area contributed by atoms with Crippen molar-refractivity contribution in [3.63, 3.8) is 0 Å². The van der Waals surface area contributed by atoms with Crippen molar-refractivity contribution in [2.75, 3.05) is 19.0 Å². The van der Waals surface area contributed by atoms with Crippen molar-refractivity contribution in [2.45, 2.75) is 25.3 Å². The maximum absolute atomic E-state index is 5.18. The maximum atomic E-state index is 5.18. The minimum atomic E-state index is 0.604. The Morgan fingerprint density at radius 1 is 1.37 bits per heavy atom. The molecule has 0 aliphatic heterocycles. The van der Waals surface area contributed by atoms with Crippen molar-refractivity contribution >= 4 is 5.95 Å². The highest BCUT2D eigenvalue weighted by Gasteiger charge is 2.23. The molecule has 0 saturated heterocycles. The summed E-state index contributed by atoms with van der Waals surface area (Å²) in [5.74, 6) is 0.937. The van der Waals surface area contributed by atoms with Gasteiger partial charge in [-0.2, -0.15) is 0 Å². The third-order valence-electron chi connectivity index (χ3n) is 3.38. The van der Waals surface area contributed by atoms with Gasteiger partial charge in [-0.15, -0.1) is 0 Å². The summed E-state index contributed by atoms with van der Waals surface area (Å²) in [6.45, 7) is 0.733. The Labute approximate surface area is 113 Å². The number of benzene rings is 1. The van der Waals surface area contributed by atoms with Crippen LogP contribution in [0.1, 0.15) is 18.4 Å². The summed E-state index contributed by atoms with van der Waals surface area (Å²) in [4.78, 5) is 4.41. The zero-order valence-electron chi connectivity index (χ0n) is 11.2. The molecule has 0 radical (unpaired) electrons. The molecule has 3 rings (SSSR count). The lowest BCUT2D eigenvalue weighted by Gasteiger charge is -2.13. The van der Waals surface area contributed by atoms with Gasteiger partial charge in [-0.05, 0) is 30.9 Å². The average molecular weight is 257 g/mol. The molecule has 1 heterocycles. The van der Waals surface area contributed by atoms with E-state index >= 15 is 0 Å². The first-order valence-corrected chi connectivity index (χ1v) is 6.75. The van der Waals surface area contributed by atoms with Crippen molar-refractivity contribution in [3.8, 4) is 5.69 Å². The van der Waals surface area contributed by atoms with Gasteiger partial charge in [0.15, 0.2) is 0 Å². The number of rotatable bonds is 6. The molecule has 2 aromatic rings. The van der Waals surface area contributed by atoms with E-state index in [2.05, 4.69) is 39.1 Å². The summed E-state index contributed by atoms with van der Waals surface area (Å²) in [6, 6.07) is 9.01. The fourth-order valence-corrected chi connectivity index (χ4v) is 2.18. The first kappa shape index (κ1) is 12.2. The molecule has 0 spiro atoms. The summed E-state index contributed by atoms with van der Waals surface area (Å²) in [6.07, 6.45) is 7.26. The number of methoxy groups -OCH3 is 1. The average Bonchev–Trinajstić information content (AvgIpc) is 3.13. The van der Waals surface area contributed by atoms with Crippen LogP contribution in [0.3, 0.4) is 0 Å². The van der Waals surface area contributed by atoms with E-state index in [1.807, 2.05) is 12.4 Å². The highest BCUT2D eigenvalue weighted by molar-refractivity contribution is 5.48. The third-order valence-corrected chi connectivity index (χ3v) is 3.38. The molecule has 19 heavy (non-hydrogen) atoms. The second-order valence-corrected chi connectivity index (χ2v) is 4.91. The fourth-order valence-electron chi connectivity index (χ4n) is 2.18. The van der Waals surface area contributed by atoms with E-state index in [1.54, 1.807) is 7.11 Å². The van der Waals surface area contributed by atoms with Gasteiger partial charge < -0.3 is 10.1 Å². The summed E-state index contributed by atoms with van der Waals surface area (Å²) in [5, 5.41) is 3.47. The molecule has 1 aromatic carbocycles. The molecule has 1 aromatic heterocycles. The van der Waals surface area contributed by atoms with E-state index in [9.17, 15) is 0 Å². The Balaban J connectivity index is 1.89. The number of hydrogen-bond acceptors (Lipinski definition) is 3. The SMILES string of the molecule is COCCc1ccccc1-n1ccnc1NC1CC1. The highest BCUT2D eigenvalue weighted by Crippen LogP contribution is 2.26. The van der Waals surface area contributed by atoms with Crippen LogP contribution in [0.2, 0.25) is 0 Å². The second kappa shape index (κ2) is 5.45. The maximum Gasteiger partial charge on any atom is 0.207 e. The molecule has 1 saturated carbocycles. The van der Waals surface area contributed by atoms with E-state index < -0.39 is 0 Å². The second-order valence-electron chi connectivity index (χ2n) is 4.91. The molecular formula is C15H19N3O. The van der Waals surface area contributed by atoms with Crippen molar-refractivity contribution < 1.29 is 4.74 Å². The number of ether oxygens (including phenoxy) is 1. The van der Waals surface area contributed by atoms with Crippen LogP contribution in [0.25, 0.3) is 5.69 Å². The fraction of sp³-hybridized carbons (Fsp3) is 0.400. The summed E-state index contributed by atoms with van der Waals surface area (Å²) < 4.78 is 7.31. The van der Waals surface area contributed by atoms with E-state index in [1.165, 1.54) is 24.1 Å². The summed E-state index contributed by atoms with van der Waals surface area (Å²) in [7, 11) is 1.74. The van der Waals surface area contributed by atoms with Gasteiger partial charge in [-0.3, -0.25) is 4.57 Å². The van der Waals surface area contributed by atoms with Gasteiger partial charge in [0.05, 0.1) is 12.3 Å². The van der Waals surface area contributed by atoms with Crippen molar-refractivity contribution in [1.82, 2.24) is 9.55 Å². The van der Waals surface area contributed by atoms with Gasteiger partial charge in [0.2, 0.25) is 5.95 Å². The minimum absolute atomic E-state index is 0.604. The van der Waals surface area contributed by atoms with E-state index in [-0.39, 0.29) is 0 Å². The molecule has 1 aliphatic carbocycles. The van der Waals surface area contributed by atoms with Gasteiger partial charge >= 0.3 is 0 Å². The summed E-state index contributed by atoms with van der Waals surface area (Å²) in [5.41, 5.74) is 2.46. The Hall–Kier alpha value is -1.81. The third kappa shape index (κ3) is 2.79. The minimum Gasteiger partial charge on any atom is -0.384 e. The lowest BCUT2D eigenvalue weighted by molar-refractivity contribution is 0.202. The van der Waals surface area contributed by atoms with Crippen molar-refractivity contribution in [1.29, 1.82) is 0 Å². The van der Waals surface area contributed by atoms with Gasteiger partial charge in [0.25, 0.3) is 0 Å². The van der Waals surface area contributed by atoms with Gasteiger partial charge in [-0.25, -0.2) is 4.98 Å². The molecule has 0 unspecified atom stereocenters. The molecular weight excluding hydrogens is 238 g/mol. The van der Waals surface area contributed by atoms with Crippen LogP contribution in [-0.2, 0) is 11.2 Å². The van der Waals surface area contributed by atoms with Crippen LogP contribution < -0.4 is 5.32 Å². The Morgan fingerprint density at radius 3 is 3.00 bits per heavy atom. The smallest absolute Gasteiger partial charge is 0.207 e. The topological polar surface area (TPSA) is 39.1 Å². The number of nitrogens with zero attached hydrogens (tertiary/aromatic N) is 2. The van der Waals surface area contributed by atoms with Crippen molar-refractivity contribution in [3.05, 3.63) is 42.2 Å². The Morgan fingerprint density at radius 2 is 2.21 bits per heavy atom. The molecule has 0 bridgehead atoms. The quantitative estimate of drug-likeness (QED) is 0.864. The van der Waals surface area contributed by atoms with Crippen LogP contribution >= 0.6 is 0 Å². The number of imidazole rings is 1. The highest BCUT2D eigenvalue weighted by atomic mass is 16.5. The van der Waals surface area contributed by atoms with E-state index in [0.717, 1.165) is 19.0 Å². The number of nitrogens with one attached hydrogen (secondary N) is 1. The predicted molar refractivity (Wildman–Crippen MR) is 75.8 cm³/mol. The molecule has 0 atom stereocenters. The zero-order chi connectivity index (χ0) is 13.1. The zero-order valence-corrected chi connectivity index (χ0v) is 11.2. The van der Waals surface area contributed by atoms with Gasteiger partial charge in [-0.1, -0.05) is 18.2 Å². The number of hydrogen-bond donors (Lipinski definition) is 1. The molecule has 100 valence electrons. The lowest BCUT2D eigenvalue weighted by atomic mass is 10.1. The normalized spacial score (nSPS) is 14.6. The van der Waals surface area contributed by atoms with Crippen LogP contribution in [0.5, 0.6) is 0 Å². The van der Waals surface area contributed by atoms with Crippen LogP contribution in [0.4, 0.5) is 5.95 Å². The monoisotopic (exact) mass is 257 g/mol. The number of para-hydroxylation sites is 1. The van der Waals surface area contributed by atoms with Crippen LogP contribution in [0.15, 0.2) is 36.7 Å². The molecule has 0 amide bonds. The first-order valence-electron chi connectivity index (χ1n) is 6.75. The van der Waals surface area contributed by atoms with E-state index in [4.69, 9.17) is 4.74 Å². The molecule has 4 nitrogen and oxygen atoms in total. The van der Waals surface area contributed by atoms with E-state index in [0.29, 0.717) is 6.04 Å². The van der Waals surface area contributed by atoms with Gasteiger partial charge in [0.1, 0.15) is 0 Å². The lowest BCUT2D eigenvalue weighted by Crippen LogP contribution is -2.09. The van der Waals surface area contributed by atoms with Gasteiger partial charge in [0, 0.05) is 25.5 Å². The van der Waals surface area contributed by atoms with Crippen molar-refractivity contribution in [2.24, 2.45) is 0 Å². The molecule has 1 N–H and O–H groups in total. The predicted octanol–water partition coefficient (Wildman–Crippen LogP) is 2.64. The number of aromatic nitrogens is 2. The Bertz CT molecular complexity index is 546. The number of anilines is 1. The Kier molecular flexibility index (Phi) is 3.51. The molecule has 1 aliphatic rings. The van der Waals surface area contributed by atoms with Crippen LogP contribution in [-0.4, -0.2) is 29.3 Å². The summed E-state index contributed by atoms with van der Waals surface area (Å²) >= 11 is 0.